The number of para-hydroxylation sites is 2. The lowest BCUT2D eigenvalue weighted by Gasteiger charge is -2.55. The van der Waals surface area contributed by atoms with Crippen LogP contribution in [0.3, 0.4) is 0 Å². The highest BCUT2D eigenvalue weighted by Gasteiger charge is 2.51. The lowest BCUT2D eigenvalue weighted by Crippen LogP contribution is -2.48. The summed E-state index contributed by atoms with van der Waals surface area (Å²) >= 11 is 2.62. The minimum Gasteiger partial charge on any atom is -0.507 e. The second-order valence-corrected chi connectivity index (χ2v) is 37.6. The fraction of sp³-hybridized carbons (Fsp3) is 0.330. The number of hydrogen-bond acceptors (Lipinski definition) is 27. The Bertz CT molecular complexity index is 6600. The molecular formula is C106H120N22O15S2. The van der Waals surface area contributed by atoms with Crippen LogP contribution in [0.4, 0.5) is 24.9 Å². The molecule has 7 aromatic carbocycles. The number of imide groups is 1. The lowest BCUT2D eigenvalue weighted by molar-refractivity contribution is -0.141. The first-order valence-corrected chi connectivity index (χ1v) is 49.6. The number of ether oxygens (including phenoxy) is 4. The first-order valence-electron chi connectivity index (χ1n) is 48.0. The molecule has 39 heteroatoms. The number of phenols is 2. The second-order valence-electron chi connectivity index (χ2n) is 36.1. The first-order chi connectivity index (χ1) is 70.3. The molecule has 0 radical (unpaired) electrons. The number of Topliss-reactive ketones (excluding diaryl/α,β-unsaturated/α-hetero) is 1. The minimum absolute atomic E-state index is 0.0306. The number of allylic oxidation sites excluding steroid dienone is 2. The first kappa shape index (κ1) is 106. The van der Waals surface area contributed by atoms with Gasteiger partial charge in [-0.15, -0.1) is 11.3 Å². The van der Waals surface area contributed by atoms with E-state index in [0.717, 1.165) is 147 Å². The molecule has 0 spiro atoms. The van der Waals surface area contributed by atoms with Crippen molar-refractivity contribution in [2.45, 2.75) is 182 Å². The molecule has 3 unspecified atom stereocenters. The molecule has 37 nitrogen and oxygen atoms in total. The average Bonchev–Trinajstić information content (AvgIpc) is 1.73. The Balaban J connectivity index is 0.000000142. The van der Waals surface area contributed by atoms with Gasteiger partial charge >= 0.3 is 24.1 Å². The van der Waals surface area contributed by atoms with Crippen molar-refractivity contribution in [3.05, 3.63) is 261 Å². The number of anilines is 1. The van der Waals surface area contributed by atoms with E-state index in [1.54, 1.807) is 80.3 Å². The second kappa shape index (κ2) is 52.5. The standard InChI is InChI=1S/C19H19N3O2.C17H27N3O.C16H15N5O2S.C16H21N3O3.C14H13N3O3.C12H11N3O2.C12H14N2O2S/c23-18-15-11-5-7-12-6-4-10-14(16(12)15)17(18)21-22-19(24)20-13-8-2-1-3-9-13;1-17(2)13-9-8-12(15(17)10-13)11-18-20-16(21)19-14-6-4-3-5-7-14;1-10-8-11(6-7-14(10)23-2)9-17-19-16(22)18-12-4-3-5-13-15(12)21-24-20-13;1-11(12-7-8-14-15(9-12)22-10-21-14)18-19-16(20)17-13-5-3-2-4-6-13;1-20-12-4-2-3-11(13(12)18)9-16-17-14(19)10-5-7-15-8-6-10;16-11-6-2-1-5-10(11)12(17)15-14-8-9-4-3-7-13-9;1-3-12(2)7-10(15)14(11(12)16)13-8-9-5-4-6-17-9/h4-7,10-11,13H,1-3,8-9H2,(H2,20,22,24);8,11,13-15H,3-7,9-10H2,1-2H3,(H2,19,20,21);3-9H,1-2H3,(H2,18,19,22);7-9,13H,2-6,10H2,1H3,(H2,17,19,20);2-9,18H,1H3,(H,17,19);1-8,13,16H,(H,15,17);4-6,8H,3,7H2,1-2H3/b21-17+;18-11+;17-9+;18-11+;16-9+;14-8+;13-8+. The smallest absolute Gasteiger partial charge is 0.339 e. The number of H-pyrrole nitrogens is 1. The molecule has 13 N–H and O–H groups in total. The molecule has 4 aromatic heterocycles. The molecular weight excluding hydrogens is 1890 g/mol. The van der Waals surface area contributed by atoms with Crippen molar-refractivity contribution in [2.75, 3.05) is 26.3 Å². The van der Waals surface area contributed by atoms with Crippen LogP contribution in [0.15, 0.2) is 241 Å². The maximum atomic E-state index is 12.6. The van der Waals surface area contributed by atoms with E-state index in [4.69, 9.17) is 18.9 Å². The number of aromatic hydroxyl groups is 2. The van der Waals surface area contributed by atoms with Gasteiger partial charge in [-0.2, -0.15) is 49.5 Å². The fourth-order valence-electron chi connectivity index (χ4n) is 17.4. The van der Waals surface area contributed by atoms with E-state index in [-0.39, 0.29) is 84.0 Å². The number of urea groups is 4. The van der Waals surface area contributed by atoms with Crippen molar-refractivity contribution in [3.63, 3.8) is 0 Å². The predicted octanol–water partition coefficient (Wildman–Crippen LogP) is 18.2. The van der Waals surface area contributed by atoms with Gasteiger partial charge in [0.2, 0.25) is 12.6 Å². The van der Waals surface area contributed by atoms with Gasteiger partial charge in [0, 0.05) is 81.2 Å². The van der Waals surface area contributed by atoms with Crippen LogP contribution in [0.1, 0.15) is 226 Å². The summed E-state index contributed by atoms with van der Waals surface area (Å²) in [6.07, 6.45) is 35.4. The number of pyridine rings is 1. The summed E-state index contributed by atoms with van der Waals surface area (Å²) in [6, 6.07) is 49.5. The zero-order valence-electron chi connectivity index (χ0n) is 81.9. The summed E-state index contributed by atoms with van der Waals surface area (Å²) in [5, 5.41) is 63.6. The van der Waals surface area contributed by atoms with Crippen LogP contribution >= 0.6 is 23.1 Å². The highest BCUT2D eigenvalue weighted by Crippen LogP contribution is 2.59. The van der Waals surface area contributed by atoms with Crippen molar-refractivity contribution in [1.29, 1.82) is 0 Å². The number of aromatic nitrogens is 4. The number of hydrogen-bond donors (Lipinski definition) is 13. The number of phenolic OH excluding ortho intramolecular Hbond substituents is 2. The monoisotopic (exact) mass is 2000 g/mol. The van der Waals surface area contributed by atoms with Gasteiger partial charge in [-0.3, -0.25) is 29.0 Å². The number of rotatable bonds is 22. The number of amides is 12. The van der Waals surface area contributed by atoms with Crippen LogP contribution in [0, 0.1) is 29.6 Å². The molecule has 145 heavy (non-hydrogen) atoms. The van der Waals surface area contributed by atoms with Gasteiger partial charge in [0.25, 0.3) is 23.6 Å². The number of aryl methyl sites for hydroxylation is 1. The highest BCUT2D eigenvalue weighted by atomic mass is 32.1. The molecule has 7 aliphatic carbocycles. The number of nitrogens with one attached hydrogen (secondary N) is 11. The zero-order valence-corrected chi connectivity index (χ0v) is 83.5. The van der Waals surface area contributed by atoms with E-state index >= 15 is 0 Å². The molecule has 756 valence electrons. The molecule has 9 aliphatic rings. The van der Waals surface area contributed by atoms with E-state index in [9.17, 15) is 53.4 Å². The largest absolute Gasteiger partial charge is 0.507 e. The number of methoxy groups -OCH3 is 2. The Morgan fingerprint density at radius 2 is 1.24 bits per heavy atom. The van der Waals surface area contributed by atoms with Crippen LogP contribution < -0.4 is 72.8 Å². The van der Waals surface area contributed by atoms with Crippen molar-refractivity contribution in [2.24, 2.45) is 58.4 Å². The quantitative estimate of drug-likeness (QED) is 0.0170. The van der Waals surface area contributed by atoms with E-state index in [2.05, 4.69) is 128 Å². The number of ketones is 1. The molecule has 12 amide bonds. The topological polar surface area (TPSA) is 496 Å². The molecule has 2 aliphatic heterocycles. The summed E-state index contributed by atoms with van der Waals surface area (Å²) in [5.41, 5.74) is 25.0. The van der Waals surface area contributed by atoms with Gasteiger partial charge in [0.05, 0.1) is 85.1 Å². The van der Waals surface area contributed by atoms with Gasteiger partial charge < -0.3 is 55.4 Å². The van der Waals surface area contributed by atoms with Crippen LogP contribution in [0.25, 0.3) is 21.8 Å². The van der Waals surface area contributed by atoms with Gasteiger partial charge in [-0.1, -0.05) is 158 Å². The molecule has 5 fully saturated rings. The summed E-state index contributed by atoms with van der Waals surface area (Å²) in [7, 11) is 3.08. The number of thiophene rings is 1. The van der Waals surface area contributed by atoms with E-state index in [1.165, 1.54) is 112 Å². The van der Waals surface area contributed by atoms with Crippen LogP contribution in [0.5, 0.6) is 34.5 Å². The van der Waals surface area contributed by atoms with Gasteiger partial charge in [0.1, 0.15) is 28.2 Å². The van der Waals surface area contributed by atoms with Gasteiger partial charge in [0.15, 0.2) is 23.0 Å². The molecule has 3 atom stereocenters. The third-order valence-corrected chi connectivity index (χ3v) is 27.2. The number of hydrazone groups is 7. The number of fused-ring (bicyclic) bond motifs is 3. The predicted molar refractivity (Wildman–Crippen MR) is 561 cm³/mol. The minimum atomic E-state index is -0.579. The number of nitrogens with zero attached hydrogens (tertiary/aromatic N) is 11. The van der Waals surface area contributed by atoms with Gasteiger partial charge in [-0.05, 0) is 219 Å². The molecule has 2 bridgehead atoms. The SMILES string of the molecule is C/C(=N\NC(=O)NC1CCCCC1)c1ccc2c(c1)OCO2.CC1(C)C2CC=C(/C=N/NC(=O)NC3CCCCC3)C1C2.CCC1(C)CC(=O)N(/N=C/c2cccs2)C1=O.COc1ccc(/C=N/NC(=O)Nc2cccc3nsnc23)cc1C.COc1cccc(/C=N/NC(=O)c2ccncc2)c1O.O=C(N/N=C/c1ccc[nH]1)c1ccccc1O.O=C(N/N=C1/C(=O)c2cccc3cccc1c23)NC1CCCCC1. The summed E-state index contributed by atoms with van der Waals surface area (Å²) < 4.78 is 29.1. The van der Waals surface area contributed by atoms with Crippen molar-refractivity contribution >= 4 is 147 Å². The van der Waals surface area contributed by atoms with Crippen molar-refractivity contribution in [1.82, 2.24) is 72.2 Å². The number of aromatic amines is 1. The maximum absolute atomic E-state index is 12.6. The van der Waals surface area contributed by atoms with Crippen LogP contribution in [0.2, 0.25) is 0 Å². The maximum Gasteiger partial charge on any atom is 0.339 e. The molecule has 11 aromatic rings. The molecule has 20 rings (SSSR count). The van der Waals surface area contributed by atoms with E-state index < -0.39 is 17.4 Å². The normalized spacial score (nSPS) is 17.9. The average molecular weight is 2010 g/mol. The van der Waals surface area contributed by atoms with E-state index in [0.29, 0.717) is 68.9 Å². The van der Waals surface area contributed by atoms with Crippen molar-refractivity contribution < 1.29 is 72.3 Å². The number of benzene rings is 7. The third-order valence-electron chi connectivity index (χ3n) is 25.9. The molecule has 4 saturated carbocycles. The zero-order chi connectivity index (χ0) is 103. The summed E-state index contributed by atoms with van der Waals surface area (Å²) in [6.45, 7) is 12.5. The number of carbonyl (C=O) groups excluding carboxylic acids is 9. The Hall–Kier alpha value is -16.2. The van der Waals surface area contributed by atoms with Crippen LogP contribution in [-0.4, -0.2) is 169 Å². The van der Waals surface area contributed by atoms with Crippen LogP contribution in [-0.2, 0) is 9.59 Å². The Morgan fingerprint density at radius 3 is 1.89 bits per heavy atom. The molecule has 6 heterocycles. The lowest BCUT2D eigenvalue weighted by atomic mass is 9.49. The number of carbonyl (C=O) groups is 9. The molecule has 1 saturated heterocycles. The highest BCUT2D eigenvalue weighted by molar-refractivity contribution is 7.11. The fourth-order valence-corrected chi connectivity index (χ4v) is 18.5. The van der Waals surface area contributed by atoms with Gasteiger partial charge in [-0.25, -0.2) is 51.7 Å². The third kappa shape index (κ3) is 29.7. The van der Waals surface area contributed by atoms with E-state index in [1.807, 2.05) is 142 Å². The summed E-state index contributed by atoms with van der Waals surface area (Å²) in [5.74, 6) is 2.58. The van der Waals surface area contributed by atoms with Crippen molar-refractivity contribution in [3.8, 4) is 34.5 Å². The Labute approximate surface area is 847 Å². The Kier molecular flexibility index (Phi) is 38.4. The Morgan fingerprint density at radius 1 is 0.600 bits per heavy atom. The summed E-state index contributed by atoms with van der Waals surface area (Å²) in [4.78, 5) is 115.